The average molecular weight is 349 g/mol. The Labute approximate surface area is 148 Å². The molecular weight excluding hydrogens is 324 g/mol. The molecule has 1 saturated heterocycles. The van der Waals surface area contributed by atoms with Crippen LogP contribution in [0.3, 0.4) is 0 Å². The summed E-state index contributed by atoms with van der Waals surface area (Å²) in [6, 6.07) is 5.31. The van der Waals surface area contributed by atoms with Gasteiger partial charge in [-0.3, -0.25) is 4.79 Å². The fourth-order valence-electron chi connectivity index (χ4n) is 3.34. The van der Waals surface area contributed by atoms with Crippen LogP contribution in [0.2, 0.25) is 5.02 Å². The van der Waals surface area contributed by atoms with Crippen molar-refractivity contribution in [2.45, 2.75) is 32.6 Å². The SMILES string of the molecule is CCCCN1CCC(CNC(=O)c2cc(Cl)cc3ccoc23)CC1. The van der Waals surface area contributed by atoms with Gasteiger partial charge in [0.1, 0.15) is 5.58 Å². The van der Waals surface area contributed by atoms with Crippen molar-refractivity contribution in [1.82, 2.24) is 10.2 Å². The summed E-state index contributed by atoms with van der Waals surface area (Å²) in [6.45, 7) is 6.43. The number of likely N-dealkylation sites (tertiary alicyclic amines) is 1. The van der Waals surface area contributed by atoms with Crippen LogP contribution in [0, 0.1) is 5.92 Å². The predicted molar refractivity (Wildman–Crippen MR) is 97.6 cm³/mol. The highest BCUT2D eigenvalue weighted by Gasteiger charge is 2.20. The van der Waals surface area contributed by atoms with Crippen LogP contribution in [0.4, 0.5) is 0 Å². The molecule has 1 aromatic heterocycles. The first-order valence-electron chi connectivity index (χ1n) is 8.84. The van der Waals surface area contributed by atoms with Crippen molar-refractivity contribution in [1.29, 1.82) is 0 Å². The molecule has 2 heterocycles. The minimum atomic E-state index is -0.106. The van der Waals surface area contributed by atoms with Gasteiger partial charge in [0.25, 0.3) is 5.91 Å². The molecule has 130 valence electrons. The van der Waals surface area contributed by atoms with Crippen LogP contribution >= 0.6 is 11.6 Å². The zero-order valence-corrected chi connectivity index (χ0v) is 14.9. The van der Waals surface area contributed by atoms with Crippen molar-refractivity contribution in [3.05, 3.63) is 35.0 Å². The first-order chi connectivity index (χ1) is 11.7. The van der Waals surface area contributed by atoms with Gasteiger partial charge in [-0.25, -0.2) is 0 Å². The highest BCUT2D eigenvalue weighted by atomic mass is 35.5. The van der Waals surface area contributed by atoms with Crippen LogP contribution in [-0.2, 0) is 0 Å². The molecule has 1 N–H and O–H groups in total. The minimum absolute atomic E-state index is 0.106. The third-order valence-electron chi connectivity index (χ3n) is 4.85. The largest absolute Gasteiger partial charge is 0.464 e. The second kappa shape index (κ2) is 8.04. The van der Waals surface area contributed by atoms with Gasteiger partial charge in [-0.2, -0.15) is 0 Å². The Morgan fingerprint density at radius 3 is 2.92 bits per heavy atom. The Morgan fingerprint density at radius 2 is 2.17 bits per heavy atom. The number of halogens is 1. The molecule has 0 bridgehead atoms. The second-order valence-electron chi connectivity index (χ2n) is 6.64. The summed E-state index contributed by atoms with van der Waals surface area (Å²) in [5.41, 5.74) is 1.12. The molecule has 1 aromatic carbocycles. The van der Waals surface area contributed by atoms with Gasteiger partial charge in [-0.15, -0.1) is 0 Å². The maximum Gasteiger partial charge on any atom is 0.255 e. The summed E-state index contributed by atoms with van der Waals surface area (Å²) in [5, 5.41) is 4.47. The number of benzene rings is 1. The topological polar surface area (TPSA) is 45.5 Å². The second-order valence-corrected chi connectivity index (χ2v) is 7.08. The molecule has 0 saturated carbocycles. The van der Waals surface area contributed by atoms with Crippen LogP contribution < -0.4 is 5.32 Å². The summed E-state index contributed by atoms with van der Waals surface area (Å²) < 4.78 is 5.44. The Morgan fingerprint density at radius 1 is 1.38 bits per heavy atom. The number of nitrogens with zero attached hydrogens (tertiary/aromatic N) is 1. The van der Waals surface area contributed by atoms with Gasteiger partial charge in [-0.05, 0) is 63.0 Å². The molecule has 0 unspecified atom stereocenters. The number of piperidine rings is 1. The highest BCUT2D eigenvalue weighted by Crippen LogP contribution is 2.25. The molecule has 4 nitrogen and oxygen atoms in total. The fourth-order valence-corrected chi connectivity index (χ4v) is 3.57. The van der Waals surface area contributed by atoms with Crippen molar-refractivity contribution in [3.63, 3.8) is 0 Å². The van der Waals surface area contributed by atoms with E-state index in [4.69, 9.17) is 16.0 Å². The molecule has 3 rings (SSSR count). The normalized spacial score (nSPS) is 16.6. The van der Waals surface area contributed by atoms with E-state index >= 15 is 0 Å². The number of carbonyl (C=O) groups is 1. The average Bonchev–Trinajstić information content (AvgIpc) is 3.06. The minimum Gasteiger partial charge on any atom is -0.464 e. The number of furan rings is 1. The van der Waals surface area contributed by atoms with E-state index in [1.54, 1.807) is 12.3 Å². The van der Waals surface area contributed by atoms with E-state index in [1.165, 1.54) is 19.4 Å². The quantitative estimate of drug-likeness (QED) is 0.845. The molecule has 5 heteroatoms. The monoisotopic (exact) mass is 348 g/mol. The van der Waals surface area contributed by atoms with E-state index in [2.05, 4.69) is 17.1 Å². The lowest BCUT2D eigenvalue weighted by molar-refractivity contribution is 0.0936. The van der Waals surface area contributed by atoms with E-state index in [9.17, 15) is 4.79 Å². The standard InChI is InChI=1S/C19H25ClN2O2/c1-2-3-7-22-8-4-14(5-9-22)13-21-19(23)17-12-16(20)11-15-6-10-24-18(15)17/h6,10-12,14H,2-5,7-9,13H2,1H3,(H,21,23). The third kappa shape index (κ3) is 4.11. The van der Waals surface area contributed by atoms with Crippen molar-refractivity contribution in [3.8, 4) is 0 Å². The van der Waals surface area contributed by atoms with E-state index in [1.807, 2.05) is 12.1 Å². The number of hydrogen-bond acceptors (Lipinski definition) is 3. The lowest BCUT2D eigenvalue weighted by Crippen LogP contribution is -2.39. The van der Waals surface area contributed by atoms with Crippen molar-refractivity contribution in [2.24, 2.45) is 5.92 Å². The first kappa shape index (κ1) is 17.3. The van der Waals surface area contributed by atoms with Crippen LogP contribution in [0.5, 0.6) is 0 Å². The van der Waals surface area contributed by atoms with Crippen LogP contribution in [-0.4, -0.2) is 37.0 Å². The predicted octanol–water partition coefficient (Wildman–Crippen LogP) is 4.33. The van der Waals surface area contributed by atoms with Gasteiger partial charge in [0.05, 0.1) is 11.8 Å². The summed E-state index contributed by atoms with van der Waals surface area (Å²) in [5.74, 6) is 0.448. The molecule has 1 aliphatic heterocycles. The number of amides is 1. The number of hydrogen-bond donors (Lipinski definition) is 1. The van der Waals surface area contributed by atoms with Crippen molar-refractivity contribution < 1.29 is 9.21 Å². The van der Waals surface area contributed by atoms with Gasteiger partial charge in [-0.1, -0.05) is 24.9 Å². The molecule has 0 aliphatic carbocycles. The lowest BCUT2D eigenvalue weighted by Gasteiger charge is -2.31. The number of fused-ring (bicyclic) bond motifs is 1. The number of nitrogens with one attached hydrogen (secondary N) is 1. The van der Waals surface area contributed by atoms with Crippen molar-refractivity contribution in [2.75, 3.05) is 26.2 Å². The molecule has 1 fully saturated rings. The maximum absolute atomic E-state index is 12.5. The summed E-state index contributed by atoms with van der Waals surface area (Å²) >= 11 is 6.10. The molecular formula is C19H25ClN2O2. The van der Waals surface area contributed by atoms with E-state index in [0.29, 0.717) is 22.1 Å². The van der Waals surface area contributed by atoms with Gasteiger partial charge in [0.15, 0.2) is 0 Å². The van der Waals surface area contributed by atoms with Gasteiger partial charge in [0.2, 0.25) is 0 Å². The van der Waals surface area contributed by atoms with Gasteiger partial charge in [0, 0.05) is 17.0 Å². The Hall–Kier alpha value is -1.52. The van der Waals surface area contributed by atoms with Crippen LogP contribution in [0.25, 0.3) is 11.0 Å². The number of unbranched alkanes of at least 4 members (excludes halogenated alkanes) is 1. The van der Waals surface area contributed by atoms with Gasteiger partial charge < -0.3 is 14.6 Å². The van der Waals surface area contributed by atoms with Crippen LogP contribution in [0.15, 0.2) is 28.9 Å². The summed E-state index contributed by atoms with van der Waals surface area (Å²) in [7, 11) is 0. The Kier molecular flexibility index (Phi) is 5.80. The van der Waals surface area contributed by atoms with Gasteiger partial charge >= 0.3 is 0 Å². The smallest absolute Gasteiger partial charge is 0.255 e. The maximum atomic E-state index is 12.5. The zero-order valence-electron chi connectivity index (χ0n) is 14.2. The molecule has 1 aliphatic rings. The molecule has 24 heavy (non-hydrogen) atoms. The number of carbonyl (C=O) groups excluding carboxylic acids is 1. The molecule has 1 amide bonds. The molecule has 0 atom stereocenters. The molecule has 0 spiro atoms. The molecule has 0 radical (unpaired) electrons. The number of rotatable bonds is 6. The Bertz CT molecular complexity index is 690. The Balaban J connectivity index is 1.53. The van der Waals surface area contributed by atoms with E-state index in [0.717, 1.165) is 37.9 Å². The zero-order chi connectivity index (χ0) is 16.9. The van der Waals surface area contributed by atoms with E-state index in [-0.39, 0.29) is 5.91 Å². The summed E-state index contributed by atoms with van der Waals surface area (Å²) in [6.07, 6.45) is 6.40. The lowest BCUT2D eigenvalue weighted by atomic mass is 9.96. The summed E-state index contributed by atoms with van der Waals surface area (Å²) in [4.78, 5) is 15.0. The van der Waals surface area contributed by atoms with Crippen molar-refractivity contribution >= 4 is 28.5 Å². The fraction of sp³-hybridized carbons (Fsp3) is 0.526. The first-order valence-corrected chi connectivity index (χ1v) is 9.22. The molecule has 2 aromatic rings. The van der Waals surface area contributed by atoms with E-state index < -0.39 is 0 Å². The highest BCUT2D eigenvalue weighted by molar-refractivity contribution is 6.32. The van der Waals surface area contributed by atoms with Crippen LogP contribution in [0.1, 0.15) is 43.0 Å². The third-order valence-corrected chi connectivity index (χ3v) is 5.07.